The standard InChI is InChI=1S/C22H17BrF2N4O2/c23-16-9-14(25)4-5-15(16)19(12-2-1-3-13(24)8-12)17-11-28-7-6-26-22(28)20-21(31)18(30)10-27-29(17)20/h1-10,17-19,30-31H,11H2/t17-,18?,19-/m1/s1. The van der Waals surface area contributed by atoms with Gasteiger partial charge < -0.3 is 14.8 Å². The molecule has 0 spiro atoms. The van der Waals surface area contributed by atoms with E-state index in [1.807, 2.05) is 4.57 Å². The van der Waals surface area contributed by atoms with Crippen LogP contribution in [-0.2, 0) is 6.54 Å². The van der Waals surface area contributed by atoms with E-state index in [4.69, 9.17) is 0 Å². The van der Waals surface area contributed by atoms with Crippen LogP contribution in [0, 0.1) is 11.6 Å². The number of imidazole rings is 1. The van der Waals surface area contributed by atoms with Gasteiger partial charge >= 0.3 is 0 Å². The predicted octanol–water partition coefficient (Wildman–Crippen LogP) is 4.03. The van der Waals surface area contributed by atoms with Crippen LogP contribution >= 0.6 is 15.9 Å². The fraction of sp³-hybridized carbons (Fsp3) is 0.182. The van der Waals surface area contributed by atoms with Gasteiger partial charge in [-0.1, -0.05) is 34.1 Å². The SMILES string of the molecule is OC1=C2c3nccn3C[C@H]([C@H](c3cccc(F)c3)c3ccc(F)cc3Br)N2N=CC1O. The molecule has 2 aromatic carbocycles. The first-order valence-corrected chi connectivity index (χ1v) is 10.4. The molecule has 1 aromatic heterocycles. The fourth-order valence-electron chi connectivity index (χ4n) is 4.25. The van der Waals surface area contributed by atoms with Gasteiger partial charge in [0.25, 0.3) is 0 Å². The summed E-state index contributed by atoms with van der Waals surface area (Å²) in [5.74, 6) is -1.02. The number of aromatic nitrogens is 2. The van der Waals surface area contributed by atoms with Gasteiger partial charge in [-0.2, -0.15) is 5.10 Å². The van der Waals surface area contributed by atoms with Gasteiger partial charge in [0.05, 0.1) is 12.3 Å². The molecule has 5 rings (SSSR count). The Bertz CT molecular complexity index is 1230. The molecule has 2 aliphatic heterocycles. The Morgan fingerprint density at radius 2 is 1.94 bits per heavy atom. The Hall–Kier alpha value is -3.04. The highest BCUT2D eigenvalue weighted by Gasteiger charge is 2.42. The van der Waals surface area contributed by atoms with Crippen LogP contribution in [0.5, 0.6) is 0 Å². The molecule has 1 unspecified atom stereocenters. The number of hydrogen-bond acceptors (Lipinski definition) is 5. The third-order valence-corrected chi connectivity index (χ3v) is 6.29. The maximum absolute atomic E-state index is 14.2. The van der Waals surface area contributed by atoms with Crippen LogP contribution in [0.2, 0.25) is 0 Å². The largest absolute Gasteiger partial charge is 0.507 e. The Labute approximate surface area is 184 Å². The molecular weight excluding hydrogens is 470 g/mol. The lowest BCUT2D eigenvalue weighted by atomic mass is 9.83. The van der Waals surface area contributed by atoms with Crippen molar-refractivity contribution in [1.29, 1.82) is 0 Å². The van der Waals surface area contributed by atoms with Gasteiger partial charge in [0.1, 0.15) is 23.4 Å². The van der Waals surface area contributed by atoms with E-state index in [0.717, 1.165) is 5.56 Å². The lowest BCUT2D eigenvalue weighted by Gasteiger charge is -2.42. The molecule has 31 heavy (non-hydrogen) atoms. The highest BCUT2D eigenvalue weighted by molar-refractivity contribution is 9.10. The summed E-state index contributed by atoms with van der Waals surface area (Å²) < 4.78 is 30.4. The molecule has 158 valence electrons. The number of hydrazone groups is 1. The van der Waals surface area contributed by atoms with Crippen LogP contribution in [0.3, 0.4) is 0 Å². The number of halogens is 3. The van der Waals surface area contributed by atoms with Crippen molar-refractivity contribution in [3.05, 3.63) is 93.7 Å². The van der Waals surface area contributed by atoms with Crippen molar-refractivity contribution in [3.63, 3.8) is 0 Å². The number of aliphatic hydroxyl groups excluding tert-OH is 2. The summed E-state index contributed by atoms with van der Waals surface area (Å²) in [5.41, 5.74) is 1.69. The second-order valence-electron chi connectivity index (χ2n) is 7.46. The number of nitrogens with zero attached hydrogens (tertiary/aromatic N) is 4. The molecule has 6 nitrogen and oxygen atoms in total. The average Bonchev–Trinajstić information content (AvgIpc) is 3.20. The van der Waals surface area contributed by atoms with Crippen LogP contribution < -0.4 is 0 Å². The molecule has 0 saturated carbocycles. The van der Waals surface area contributed by atoms with Gasteiger partial charge in [-0.05, 0) is 35.4 Å². The minimum absolute atomic E-state index is 0.261. The summed E-state index contributed by atoms with van der Waals surface area (Å²) in [6, 6.07) is 10.2. The smallest absolute Gasteiger partial charge is 0.161 e. The topological polar surface area (TPSA) is 73.9 Å². The molecular formula is C22H17BrF2N4O2. The zero-order valence-electron chi connectivity index (χ0n) is 16.0. The lowest BCUT2D eigenvalue weighted by Crippen LogP contribution is -2.46. The third kappa shape index (κ3) is 3.34. The second-order valence-corrected chi connectivity index (χ2v) is 8.31. The molecule has 0 saturated heterocycles. The molecule has 0 radical (unpaired) electrons. The highest BCUT2D eigenvalue weighted by atomic mass is 79.9. The molecule has 2 N–H and O–H groups in total. The summed E-state index contributed by atoms with van der Waals surface area (Å²) in [4.78, 5) is 4.31. The first kappa shape index (κ1) is 19.9. The van der Waals surface area contributed by atoms with E-state index < -0.39 is 29.7 Å². The Balaban J connectivity index is 1.72. The van der Waals surface area contributed by atoms with Crippen molar-refractivity contribution in [2.75, 3.05) is 0 Å². The second kappa shape index (κ2) is 7.58. The summed E-state index contributed by atoms with van der Waals surface area (Å²) >= 11 is 3.45. The quantitative estimate of drug-likeness (QED) is 0.586. The fourth-order valence-corrected chi connectivity index (χ4v) is 4.85. The summed E-state index contributed by atoms with van der Waals surface area (Å²) in [5, 5.41) is 26.8. The van der Waals surface area contributed by atoms with E-state index in [1.54, 1.807) is 35.6 Å². The highest BCUT2D eigenvalue weighted by Crippen LogP contribution is 2.42. The summed E-state index contributed by atoms with van der Waals surface area (Å²) in [6.07, 6.45) is 3.37. The zero-order chi connectivity index (χ0) is 21.7. The molecule has 2 aliphatic rings. The van der Waals surface area contributed by atoms with E-state index in [2.05, 4.69) is 26.0 Å². The monoisotopic (exact) mass is 486 g/mol. The molecule has 3 aromatic rings. The maximum atomic E-state index is 14.2. The van der Waals surface area contributed by atoms with Crippen molar-refractivity contribution in [2.24, 2.45) is 5.10 Å². The van der Waals surface area contributed by atoms with Crippen molar-refractivity contribution in [3.8, 4) is 0 Å². The Morgan fingerprint density at radius 3 is 2.71 bits per heavy atom. The molecule has 0 aliphatic carbocycles. The van der Waals surface area contributed by atoms with Crippen LogP contribution in [0.1, 0.15) is 22.9 Å². The van der Waals surface area contributed by atoms with Gasteiger partial charge in [-0.25, -0.2) is 13.8 Å². The van der Waals surface area contributed by atoms with Gasteiger partial charge in [0, 0.05) is 29.3 Å². The first-order chi connectivity index (χ1) is 14.9. The number of hydrogen-bond donors (Lipinski definition) is 2. The molecule has 9 heteroatoms. The van der Waals surface area contributed by atoms with Gasteiger partial charge in [0.15, 0.2) is 11.6 Å². The number of benzene rings is 2. The van der Waals surface area contributed by atoms with Crippen LogP contribution in [-0.4, -0.2) is 43.1 Å². The van der Waals surface area contributed by atoms with Crippen LogP contribution in [0.15, 0.2) is 70.2 Å². The van der Waals surface area contributed by atoms with Crippen molar-refractivity contribution < 1.29 is 19.0 Å². The normalized spacial score (nSPS) is 21.1. The minimum Gasteiger partial charge on any atom is -0.507 e. The van der Waals surface area contributed by atoms with Crippen LogP contribution in [0.4, 0.5) is 8.78 Å². The molecule has 0 fully saturated rings. The lowest BCUT2D eigenvalue weighted by molar-refractivity contribution is 0.169. The summed E-state index contributed by atoms with van der Waals surface area (Å²) in [7, 11) is 0. The van der Waals surface area contributed by atoms with Gasteiger partial charge in [-0.3, -0.25) is 5.01 Å². The average molecular weight is 487 g/mol. The van der Waals surface area contributed by atoms with E-state index in [9.17, 15) is 19.0 Å². The first-order valence-electron chi connectivity index (χ1n) is 9.60. The number of rotatable bonds is 3. The van der Waals surface area contributed by atoms with Gasteiger partial charge in [-0.15, -0.1) is 0 Å². The third-order valence-electron chi connectivity index (χ3n) is 5.60. The minimum atomic E-state index is -1.25. The molecule has 3 atom stereocenters. The Kier molecular flexibility index (Phi) is 4.86. The van der Waals surface area contributed by atoms with Gasteiger partial charge in [0.2, 0.25) is 0 Å². The number of fused-ring (bicyclic) bond motifs is 3. The zero-order valence-corrected chi connectivity index (χ0v) is 17.6. The number of aliphatic hydroxyl groups is 2. The van der Waals surface area contributed by atoms with E-state index >= 15 is 0 Å². The molecule has 3 heterocycles. The maximum Gasteiger partial charge on any atom is 0.161 e. The Morgan fingerprint density at radius 1 is 1.13 bits per heavy atom. The van der Waals surface area contributed by atoms with Crippen molar-refractivity contribution in [2.45, 2.75) is 24.6 Å². The van der Waals surface area contributed by atoms with Crippen molar-refractivity contribution in [1.82, 2.24) is 14.6 Å². The predicted molar refractivity (Wildman–Crippen MR) is 114 cm³/mol. The van der Waals surface area contributed by atoms with Crippen LogP contribution in [0.25, 0.3) is 5.70 Å². The molecule has 0 amide bonds. The summed E-state index contributed by atoms with van der Waals surface area (Å²) in [6.45, 7) is 0.421. The van der Waals surface area contributed by atoms with Crippen molar-refractivity contribution >= 4 is 27.8 Å². The van der Waals surface area contributed by atoms with E-state index in [-0.39, 0.29) is 11.5 Å². The van der Waals surface area contributed by atoms with E-state index in [1.165, 1.54) is 30.5 Å². The van der Waals surface area contributed by atoms with E-state index in [0.29, 0.717) is 22.4 Å². The molecule has 0 bridgehead atoms.